The van der Waals surface area contributed by atoms with Crippen LogP contribution in [0.4, 0.5) is 0 Å². The van der Waals surface area contributed by atoms with Gasteiger partial charge in [0.25, 0.3) is 0 Å². The van der Waals surface area contributed by atoms with E-state index in [2.05, 4.69) is 10.3 Å². The number of halogens is 1. The molecule has 0 spiro atoms. The molecule has 0 saturated heterocycles. The summed E-state index contributed by atoms with van der Waals surface area (Å²) in [5, 5.41) is 3.86. The quantitative estimate of drug-likeness (QED) is 0.674. The minimum Gasteiger partial charge on any atom is -0.373 e. The maximum atomic E-state index is 13.1. The summed E-state index contributed by atoms with van der Waals surface area (Å²) >= 11 is 5.95. The molecule has 2 aromatic rings. The van der Waals surface area contributed by atoms with E-state index in [-0.39, 0.29) is 11.7 Å². The topological polar surface area (TPSA) is 41.5 Å². The highest BCUT2D eigenvalue weighted by Gasteiger charge is 2.25. The van der Waals surface area contributed by atoms with Crippen molar-refractivity contribution in [3.8, 4) is 0 Å². The van der Waals surface area contributed by atoms with Crippen molar-refractivity contribution in [2.75, 3.05) is 13.1 Å². The predicted molar refractivity (Wildman–Crippen MR) is 100 cm³/mol. The van der Waals surface area contributed by atoms with Gasteiger partial charge < -0.3 is 5.32 Å². The second kappa shape index (κ2) is 7.45. The molecule has 3 rings (SSSR count). The van der Waals surface area contributed by atoms with Gasteiger partial charge in [0.15, 0.2) is 5.78 Å². The zero-order valence-electron chi connectivity index (χ0n) is 13.5. The number of rotatable bonds is 4. The number of benzene rings is 2. The third-order valence-electron chi connectivity index (χ3n) is 4.06. The Morgan fingerprint density at radius 2 is 1.88 bits per heavy atom. The number of nitrogens with one attached hydrogen (secondary N) is 1. The predicted octanol–water partition coefficient (Wildman–Crippen LogP) is 4.09. The Hall–Kier alpha value is -2.39. The maximum absolute atomic E-state index is 13.1. The number of Topliss-reactive ketones (excluding diaryl/α,β-unsaturated/α-hetero) is 1. The van der Waals surface area contributed by atoms with E-state index in [0.29, 0.717) is 23.7 Å². The van der Waals surface area contributed by atoms with Crippen LogP contribution >= 0.6 is 11.6 Å². The van der Waals surface area contributed by atoms with Crippen LogP contribution in [0.5, 0.6) is 0 Å². The van der Waals surface area contributed by atoms with Gasteiger partial charge in [-0.3, -0.25) is 9.79 Å². The number of amidine groups is 1. The Balaban J connectivity index is 1.96. The molecule has 2 aromatic carbocycles. The summed E-state index contributed by atoms with van der Waals surface area (Å²) < 4.78 is 0. The van der Waals surface area contributed by atoms with E-state index >= 15 is 0 Å². The number of nitrogens with zero attached hydrogens (tertiary/aromatic N) is 1. The molecule has 1 unspecified atom stereocenters. The molecule has 1 atom stereocenters. The largest absolute Gasteiger partial charge is 0.373 e. The second-order valence-corrected chi connectivity index (χ2v) is 6.28. The van der Waals surface area contributed by atoms with Gasteiger partial charge in [-0.05, 0) is 36.3 Å². The minimum atomic E-state index is -0.146. The third-order valence-corrected chi connectivity index (χ3v) is 4.31. The van der Waals surface area contributed by atoms with Gasteiger partial charge in [0.05, 0.1) is 18.3 Å². The van der Waals surface area contributed by atoms with Gasteiger partial charge in [-0.25, -0.2) is 0 Å². The number of hydrogen-bond acceptors (Lipinski definition) is 3. The Morgan fingerprint density at radius 1 is 1.17 bits per heavy atom. The molecule has 24 heavy (non-hydrogen) atoms. The van der Waals surface area contributed by atoms with Gasteiger partial charge in [0, 0.05) is 17.1 Å². The fourth-order valence-electron chi connectivity index (χ4n) is 2.67. The first-order valence-electron chi connectivity index (χ1n) is 7.95. The number of carbonyl (C=O) groups is 1. The van der Waals surface area contributed by atoms with E-state index < -0.39 is 0 Å². The molecule has 0 aliphatic carbocycles. The lowest BCUT2D eigenvalue weighted by atomic mass is 9.90. The van der Waals surface area contributed by atoms with Crippen LogP contribution in [0.15, 0.2) is 59.6 Å². The average Bonchev–Trinajstić information content (AvgIpc) is 2.62. The molecular weight excluding hydrogens is 320 g/mol. The van der Waals surface area contributed by atoms with Crippen molar-refractivity contribution in [3.05, 3.63) is 70.7 Å². The molecule has 4 heteroatoms. The van der Waals surface area contributed by atoms with Crippen LogP contribution < -0.4 is 5.32 Å². The lowest BCUT2D eigenvalue weighted by Crippen LogP contribution is -2.38. The van der Waals surface area contributed by atoms with E-state index in [0.717, 1.165) is 17.0 Å². The SMILES string of the molecule is CC1=NCC(C(=O)/C(=C/c2ccc(Cl)cc2)c2ccccc2)CN1. The summed E-state index contributed by atoms with van der Waals surface area (Å²) in [6.07, 6.45) is 1.93. The molecule has 0 radical (unpaired) electrons. The zero-order valence-corrected chi connectivity index (χ0v) is 14.3. The average molecular weight is 339 g/mol. The van der Waals surface area contributed by atoms with E-state index in [1.165, 1.54) is 0 Å². The summed E-state index contributed by atoms with van der Waals surface area (Å²) in [5.41, 5.74) is 2.58. The summed E-state index contributed by atoms with van der Waals surface area (Å²) in [6, 6.07) is 17.3. The van der Waals surface area contributed by atoms with Crippen molar-refractivity contribution < 1.29 is 4.79 Å². The van der Waals surface area contributed by atoms with Crippen LogP contribution in [-0.2, 0) is 4.79 Å². The number of ketones is 1. The Morgan fingerprint density at radius 3 is 2.50 bits per heavy atom. The molecule has 1 N–H and O–H groups in total. The molecule has 0 amide bonds. The van der Waals surface area contributed by atoms with E-state index in [9.17, 15) is 4.79 Å². The Kier molecular flexibility index (Phi) is 5.11. The summed E-state index contributed by atoms with van der Waals surface area (Å²) in [6.45, 7) is 3.07. The fourth-order valence-corrected chi connectivity index (χ4v) is 2.80. The summed E-state index contributed by atoms with van der Waals surface area (Å²) in [4.78, 5) is 17.4. The number of allylic oxidation sites excluding steroid dienone is 1. The lowest BCUT2D eigenvalue weighted by Gasteiger charge is -2.21. The van der Waals surface area contributed by atoms with E-state index in [4.69, 9.17) is 11.6 Å². The van der Waals surface area contributed by atoms with Gasteiger partial charge in [-0.1, -0.05) is 54.1 Å². The van der Waals surface area contributed by atoms with Crippen molar-refractivity contribution in [1.29, 1.82) is 0 Å². The van der Waals surface area contributed by atoms with E-state index in [1.807, 2.05) is 67.6 Å². The smallest absolute Gasteiger partial charge is 0.170 e. The molecule has 0 bridgehead atoms. The minimum absolute atomic E-state index is 0.111. The van der Waals surface area contributed by atoms with Crippen molar-refractivity contribution in [1.82, 2.24) is 5.32 Å². The zero-order chi connectivity index (χ0) is 16.9. The molecule has 1 aliphatic heterocycles. The Bertz CT molecular complexity index is 779. The maximum Gasteiger partial charge on any atom is 0.170 e. The van der Waals surface area contributed by atoms with Crippen LogP contribution in [0.2, 0.25) is 5.02 Å². The first-order valence-corrected chi connectivity index (χ1v) is 8.33. The van der Waals surface area contributed by atoms with Gasteiger partial charge in [0.2, 0.25) is 0 Å². The fraction of sp³-hybridized carbons (Fsp3) is 0.200. The van der Waals surface area contributed by atoms with Gasteiger partial charge in [-0.2, -0.15) is 0 Å². The molecule has 1 aliphatic rings. The standard InChI is InChI=1S/C20H19ClN2O/c1-14-22-12-17(13-23-14)20(24)19(16-5-3-2-4-6-16)11-15-7-9-18(21)10-8-15/h2-11,17H,12-13H2,1H3,(H,22,23)/b19-11+. The molecular formula is C20H19ClN2O. The molecule has 0 saturated carbocycles. The number of aliphatic imine (C=N–C) groups is 1. The van der Waals surface area contributed by atoms with Crippen LogP contribution in [0, 0.1) is 5.92 Å². The highest BCUT2D eigenvalue weighted by molar-refractivity contribution is 6.30. The van der Waals surface area contributed by atoms with Crippen molar-refractivity contribution in [2.45, 2.75) is 6.92 Å². The highest BCUT2D eigenvalue weighted by atomic mass is 35.5. The molecule has 3 nitrogen and oxygen atoms in total. The van der Waals surface area contributed by atoms with Crippen LogP contribution in [0.3, 0.4) is 0 Å². The van der Waals surface area contributed by atoms with Gasteiger partial charge >= 0.3 is 0 Å². The normalized spacial score (nSPS) is 17.8. The van der Waals surface area contributed by atoms with Crippen LogP contribution in [0.25, 0.3) is 11.6 Å². The first kappa shape index (κ1) is 16.5. The lowest BCUT2D eigenvalue weighted by molar-refractivity contribution is -0.116. The molecule has 0 aromatic heterocycles. The first-order chi connectivity index (χ1) is 11.6. The van der Waals surface area contributed by atoms with Crippen LogP contribution in [-0.4, -0.2) is 24.7 Å². The number of carbonyl (C=O) groups excluding carboxylic acids is 1. The van der Waals surface area contributed by atoms with Gasteiger partial charge in [-0.15, -0.1) is 0 Å². The molecule has 0 fully saturated rings. The molecule has 1 heterocycles. The summed E-state index contributed by atoms with van der Waals surface area (Å²) in [5.74, 6) is 0.856. The second-order valence-electron chi connectivity index (χ2n) is 5.84. The van der Waals surface area contributed by atoms with Crippen molar-refractivity contribution in [2.24, 2.45) is 10.9 Å². The van der Waals surface area contributed by atoms with Crippen molar-refractivity contribution in [3.63, 3.8) is 0 Å². The monoisotopic (exact) mass is 338 g/mol. The summed E-state index contributed by atoms with van der Waals surface area (Å²) in [7, 11) is 0. The van der Waals surface area contributed by atoms with Crippen LogP contribution in [0.1, 0.15) is 18.1 Å². The highest BCUT2D eigenvalue weighted by Crippen LogP contribution is 2.24. The third kappa shape index (κ3) is 3.92. The molecule has 122 valence electrons. The Labute approximate surface area is 147 Å². The van der Waals surface area contributed by atoms with Gasteiger partial charge in [0.1, 0.15) is 0 Å². The number of hydrogen-bond donors (Lipinski definition) is 1. The van der Waals surface area contributed by atoms with E-state index in [1.54, 1.807) is 0 Å². The van der Waals surface area contributed by atoms with Crippen molar-refractivity contribution >= 4 is 34.9 Å².